The molecule has 0 aliphatic heterocycles. The average molecular weight is 916 g/mol. The van der Waals surface area contributed by atoms with Gasteiger partial charge in [-0.1, -0.05) is 200 Å². The Balaban J connectivity index is 1.13. The number of benzene rings is 9. The van der Waals surface area contributed by atoms with Gasteiger partial charge in [-0.05, 0) is 82.1 Å². The van der Waals surface area contributed by atoms with Crippen LogP contribution >= 0.6 is 0 Å². The number of fused-ring (bicyclic) bond motifs is 3. The molecule has 9 aromatic carbocycles. The van der Waals surface area contributed by atoms with Gasteiger partial charge in [0.2, 0.25) is 0 Å². The van der Waals surface area contributed by atoms with Crippen LogP contribution in [0.1, 0.15) is 11.6 Å². The molecule has 12 rings (SSSR count). The van der Waals surface area contributed by atoms with Crippen LogP contribution in [0.4, 0.5) is 0 Å². The Kier molecular flexibility index (Phi) is 10.8. The SMILES string of the molecule is Cc1nc(C)nc(-c2ccc3c(c2)c2ccccc2n3-c2cc(-c3cccc([Si](c4ccccc4)(c4ccccc4)c4ccccc4)c3)ccc2-c2nc(-c3ccccc3)nc(-c3ccccc3)n2)n1. The largest absolute Gasteiger partial charge is 0.308 e. The van der Waals surface area contributed by atoms with Crippen molar-refractivity contribution in [1.82, 2.24) is 34.5 Å². The number of nitrogens with zero attached hydrogens (tertiary/aromatic N) is 7. The second kappa shape index (κ2) is 17.9. The summed E-state index contributed by atoms with van der Waals surface area (Å²) in [4.78, 5) is 29.6. The number of hydrogen-bond acceptors (Lipinski definition) is 6. The van der Waals surface area contributed by atoms with Gasteiger partial charge in [0.25, 0.3) is 0 Å². The second-order valence-corrected chi connectivity index (χ2v) is 21.3. The molecule has 0 unspecified atom stereocenters. The maximum absolute atomic E-state index is 5.30. The molecule has 0 saturated carbocycles. The molecule has 7 nitrogen and oxygen atoms in total. The molecule has 0 aliphatic carbocycles. The van der Waals surface area contributed by atoms with E-state index in [1.807, 2.05) is 50.2 Å². The maximum atomic E-state index is 5.30. The molecule has 0 saturated heterocycles. The van der Waals surface area contributed by atoms with Gasteiger partial charge in [-0.15, -0.1) is 0 Å². The molecule has 3 aromatic heterocycles. The normalized spacial score (nSPS) is 11.6. The number of rotatable bonds is 10. The van der Waals surface area contributed by atoms with Gasteiger partial charge < -0.3 is 4.57 Å². The minimum Gasteiger partial charge on any atom is -0.308 e. The minimum absolute atomic E-state index is 0.574. The summed E-state index contributed by atoms with van der Waals surface area (Å²) in [5, 5.41) is 7.46. The third-order valence-electron chi connectivity index (χ3n) is 13.2. The minimum atomic E-state index is -2.83. The average Bonchev–Trinajstić information content (AvgIpc) is 3.75. The lowest BCUT2D eigenvalue weighted by Crippen LogP contribution is -2.74. The summed E-state index contributed by atoms with van der Waals surface area (Å²) >= 11 is 0. The predicted octanol–water partition coefficient (Wildman–Crippen LogP) is 11.5. The van der Waals surface area contributed by atoms with Crippen LogP contribution in [0.5, 0.6) is 0 Å². The van der Waals surface area contributed by atoms with Gasteiger partial charge in [0.05, 0.1) is 16.7 Å². The van der Waals surface area contributed by atoms with E-state index in [0.29, 0.717) is 34.9 Å². The van der Waals surface area contributed by atoms with E-state index in [1.54, 1.807) is 0 Å². The first-order valence-corrected chi connectivity index (χ1v) is 25.5. The summed E-state index contributed by atoms with van der Waals surface area (Å²) in [5.74, 6) is 3.81. The van der Waals surface area contributed by atoms with E-state index < -0.39 is 8.07 Å². The van der Waals surface area contributed by atoms with Gasteiger partial charge in [-0.3, -0.25) is 0 Å². The van der Waals surface area contributed by atoms with Crippen LogP contribution in [-0.4, -0.2) is 42.5 Å². The molecule has 3 heterocycles. The maximum Gasteiger partial charge on any atom is 0.179 e. The summed E-state index contributed by atoms with van der Waals surface area (Å²) in [6.07, 6.45) is 0. The number of hydrogen-bond donors (Lipinski definition) is 0. The lowest BCUT2D eigenvalue weighted by Gasteiger charge is -2.34. The van der Waals surface area contributed by atoms with E-state index >= 15 is 0 Å². The topological polar surface area (TPSA) is 82.3 Å². The van der Waals surface area contributed by atoms with Gasteiger partial charge in [-0.2, -0.15) is 0 Å². The zero-order valence-electron chi connectivity index (χ0n) is 38.6. The fraction of sp³-hybridized carbons (Fsp3) is 0.0323. The van der Waals surface area contributed by atoms with E-state index in [9.17, 15) is 0 Å². The Morgan fingerprint density at radius 3 is 1.33 bits per heavy atom. The Labute approximate surface area is 407 Å². The van der Waals surface area contributed by atoms with E-state index in [-0.39, 0.29) is 0 Å². The highest BCUT2D eigenvalue weighted by molar-refractivity contribution is 7.19. The first kappa shape index (κ1) is 42.4. The Morgan fingerprint density at radius 2 is 0.743 bits per heavy atom. The van der Waals surface area contributed by atoms with Crippen molar-refractivity contribution in [3.8, 4) is 62.4 Å². The zero-order valence-corrected chi connectivity index (χ0v) is 39.6. The van der Waals surface area contributed by atoms with E-state index in [4.69, 9.17) is 24.9 Å². The van der Waals surface area contributed by atoms with Crippen LogP contribution in [0.15, 0.2) is 237 Å². The van der Waals surface area contributed by atoms with Crippen LogP contribution in [-0.2, 0) is 0 Å². The molecule has 70 heavy (non-hydrogen) atoms. The summed E-state index contributed by atoms with van der Waals surface area (Å²) in [5.41, 5.74) is 8.82. The van der Waals surface area contributed by atoms with Crippen LogP contribution in [0.2, 0.25) is 0 Å². The number of para-hydroxylation sites is 1. The molecule has 0 spiro atoms. The zero-order chi connectivity index (χ0) is 47.0. The Hall–Kier alpha value is -8.98. The molecule has 0 aliphatic rings. The van der Waals surface area contributed by atoms with Crippen molar-refractivity contribution in [1.29, 1.82) is 0 Å². The number of aromatic nitrogens is 7. The van der Waals surface area contributed by atoms with Crippen molar-refractivity contribution in [2.75, 3.05) is 0 Å². The third kappa shape index (κ3) is 7.57. The molecule has 332 valence electrons. The lowest BCUT2D eigenvalue weighted by atomic mass is 10.0. The first-order chi connectivity index (χ1) is 34.5. The molecule has 8 heteroatoms. The molecule has 0 fully saturated rings. The van der Waals surface area contributed by atoms with E-state index in [1.165, 1.54) is 20.7 Å². The third-order valence-corrected chi connectivity index (χ3v) is 18.0. The van der Waals surface area contributed by atoms with Crippen LogP contribution in [0, 0.1) is 13.8 Å². The summed E-state index contributed by atoms with van der Waals surface area (Å²) < 4.78 is 2.37. The lowest BCUT2D eigenvalue weighted by molar-refractivity contribution is 0.929. The van der Waals surface area contributed by atoms with Crippen LogP contribution in [0.25, 0.3) is 84.2 Å². The van der Waals surface area contributed by atoms with Crippen molar-refractivity contribution in [2.45, 2.75) is 13.8 Å². The molecule has 0 amide bonds. The highest BCUT2D eigenvalue weighted by Crippen LogP contribution is 2.39. The molecule has 0 bridgehead atoms. The monoisotopic (exact) mass is 915 g/mol. The molecule has 0 radical (unpaired) electrons. The van der Waals surface area contributed by atoms with Crippen molar-refractivity contribution < 1.29 is 0 Å². The standard InChI is InChI=1S/C62H45N7Si/c1-42-63-43(2)65-61(64-42)48-36-38-57-55(40-48)53-33-18-19-34-56(53)69(57)58-41-47(35-37-54(58)62-67-59(44-21-8-3-9-22-44)66-60(68-62)45-23-10-4-11-24-45)46-25-20-32-52(39-46)70(49-26-12-5-13-27-49,50-28-14-6-15-29-50)51-30-16-7-17-31-51/h3-41H,1-2H3. The quantitative estimate of drug-likeness (QED) is 0.100. The van der Waals surface area contributed by atoms with Crippen molar-refractivity contribution >= 4 is 50.6 Å². The summed E-state index contributed by atoms with van der Waals surface area (Å²) in [7, 11) is -2.83. The second-order valence-electron chi connectivity index (χ2n) is 17.5. The van der Waals surface area contributed by atoms with Gasteiger partial charge >= 0.3 is 0 Å². The van der Waals surface area contributed by atoms with Crippen molar-refractivity contribution in [3.05, 3.63) is 248 Å². The summed E-state index contributed by atoms with van der Waals surface area (Å²) in [6, 6.07) is 84.6. The highest BCUT2D eigenvalue weighted by Gasteiger charge is 2.41. The van der Waals surface area contributed by atoms with Gasteiger partial charge in [0.15, 0.2) is 31.4 Å². The van der Waals surface area contributed by atoms with Gasteiger partial charge in [0.1, 0.15) is 11.6 Å². The number of aryl methyl sites for hydroxylation is 2. The predicted molar refractivity (Wildman–Crippen MR) is 288 cm³/mol. The van der Waals surface area contributed by atoms with Gasteiger partial charge in [-0.25, -0.2) is 29.9 Å². The molecule has 0 N–H and O–H groups in total. The Bertz CT molecular complexity index is 3670. The molecular weight excluding hydrogens is 871 g/mol. The fourth-order valence-electron chi connectivity index (χ4n) is 10.1. The van der Waals surface area contributed by atoms with Gasteiger partial charge in [0, 0.05) is 33.0 Å². The molecular formula is C62H45N7Si. The van der Waals surface area contributed by atoms with Crippen molar-refractivity contribution in [3.63, 3.8) is 0 Å². The van der Waals surface area contributed by atoms with Crippen molar-refractivity contribution in [2.24, 2.45) is 0 Å². The smallest absolute Gasteiger partial charge is 0.179 e. The fourth-order valence-corrected chi connectivity index (χ4v) is 14.9. The summed E-state index contributed by atoms with van der Waals surface area (Å²) in [6.45, 7) is 3.82. The van der Waals surface area contributed by atoms with E-state index in [2.05, 4.69) is 210 Å². The van der Waals surface area contributed by atoms with Crippen LogP contribution < -0.4 is 20.7 Å². The van der Waals surface area contributed by atoms with E-state index in [0.717, 1.165) is 60.9 Å². The van der Waals surface area contributed by atoms with Crippen LogP contribution in [0.3, 0.4) is 0 Å². The molecule has 12 aromatic rings. The molecule has 0 atom stereocenters. The highest BCUT2D eigenvalue weighted by atomic mass is 28.3. The first-order valence-electron chi connectivity index (χ1n) is 23.5. The Morgan fingerprint density at radius 1 is 0.300 bits per heavy atom.